The Labute approximate surface area is 315 Å². The molecule has 2 aliphatic heterocycles. The van der Waals surface area contributed by atoms with E-state index in [1.807, 2.05) is 61.5 Å². The summed E-state index contributed by atoms with van der Waals surface area (Å²) in [6.45, 7) is 7.07. The third kappa shape index (κ3) is 9.36. The molecule has 53 heavy (non-hydrogen) atoms. The summed E-state index contributed by atoms with van der Waals surface area (Å²) in [6.07, 6.45) is 8.26. The lowest BCUT2D eigenvalue weighted by atomic mass is 9.76. The Morgan fingerprint density at radius 1 is 1.09 bits per heavy atom. The highest BCUT2D eigenvalue weighted by molar-refractivity contribution is 6.31. The molecule has 13 heteroatoms. The number of allylic oxidation sites excluding steroid dienone is 2. The van der Waals surface area contributed by atoms with E-state index >= 15 is 0 Å². The van der Waals surface area contributed by atoms with Crippen LogP contribution in [0.5, 0.6) is 17.8 Å². The third-order valence-corrected chi connectivity index (χ3v) is 10.3. The Kier molecular flexibility index (Phi) is 13.0. The summed E-state index contributed by atoms with van der Waals surface area (Å²) in [4.78, 5) is 23.4. The van der Waals surface area contributed by atoms with Gasteiger partial charge in [0.2, 0.25) is 11.8 Å². The van der Waals surface area contributed by atoms with Gasteiger partial charge in [0, 0.05) is 26.2 Å². The second-order valence-electron chi connectivity index (χ2n) is 13.3. The van der Waals surface area contributed by atoms with E-state index in [4.69, 9.17) is 40.0 Å². The molecule has 1 aromatic heterocycles. The van der Waals surface area contributed by atoms with Crippen molar-refractivity contribution in [1.29, 1.82) is 5.26 Å². The van der Waals surface area contributed by atoms with Crippen molar-refractivity contribution in [3.63, 3.8) is 0 Å². The molecule has 3 heterocycles. The van der Waals surface area contributed by atoms with Gasteiger partial charge < -0.3 is 33.7 Å². The zero-order chi connectivity index (χ0) is 37.1. The number of esters is 1. The number of hydrogen-bond donors (Lipinski definition) is 1. The molecule has 3 aliphatic rings. The maximum atomic E-state index is 12.8. The number of carbonyl (C=O) groups is 1. The van der Waals surface area contributed by atoms with Crippen LogP contribution in [-0.2, 0) is 32.2 Å². The van der Waals surface area contributed by atoms with Crippen LogP contribution in [0.25, 0.3) is 5.57 Å². The van der Waals surface area contributed by atoms with Gasteiger partial charge in [-0.25, -0.2) is 0 Å². The fraction of sp³-hybridized carbons (Fsp3) is 0.450. The van der Waals surface area contributed by atoms with E-state index in [2.05, 4.69) is 26.3 Å². The van der Waals surface area contributed by atoms with Crippen molar-refractivity contribution >= 4 is 23.1 Å². The first kappa shape index (κ1) is 38.2. The molecule has 280 valence electrons. The van der Waals surface area contributed by atoms with Crippen molar-refractivity contribution in [1.82, 2.24) is 20.2 Å². The monoisotopic (exact) mass is 743 g/mol. The van der Waals surface area contributed by atoms with E-state index in [0.717, 1.165) is 68.9 Å². The Bertz CT molecular complexity index is 1800. The third-order valence-electron chi connectivity index (χ3n) is 9.75. The number of methoxy groups -OCH3 is 1. The Morgan fingerprint density at radius 3 is 2.66 bits per heavy atom. The van der Waals surface area contributed by atoms with Crippen LogP contribution in [0.4, 0.5) is 0 Å². The lowest BCUT2D eigenvalue weighted by Gasteiger charge is -2.45. The highest BCUT2D eigenvalue weighted by Crippen LogP contribution is 2.47. The van der Waals surface area contributed by atoms with Gasteiger partial charge in [-0.1, -0.05) is 54.6 Å². The molecule has 6 rings (SSSR count). The minimum absolute atomic E-state index is 0.0388. The molecule has 12 nitrogen and oxygen atoms in total. The molecule has 3 aromatic rings. The van der Waals surface area contributed by atoms with Gasteiger partial charge in [0.05, 0.1) is 32.0 Å². The summed E-state index contributed by atoms with van der Waals surface area (Å²) in [7, 11) is 1.46. The van der Waals surface area contributed by atoms with Crippen LogP contribution in [0.15, 0.2) is 72.8 Å². The molecule has 3 atom stereocenters. The molecule has 2 unspecified atom stereocenters. The maximum absolute atomic E-state index is 12.8. The molecule has 0 saturated carbocycles. The first-order valence-electron chi connectivity index (χ1n) is 18.0. The highest BCUT2D eigenvalue weighted by Gasteiger charge is 2.51. The molecule has 2 aromatic carbocycles. The van der Waals surface area contributed by atoms with Crippen molar-refractivity contribution in [2.45, 2.75) is 55.9 Å². The number of nitriles is 1. The minimum atomic E-state index is -1.13. The van der Waals surface area contributed by atoms with Gasteiger partial charge in [0.1, 0.15) is 41.9 Å². The van der Waals surface area contributed by atoms with Gasteiger partial charge in [0.15, 0.2) is 0 Å². The van der Waals surface area contributed by atoms with Crippen molar-refractivity contribution in [2.75, 3.05) is 59.7 Å². The van der Waals surface area contributed by atoms with Crippen molar-refractivity contribution in [2.24, 2.45) is 0 Å². The van der Waals surface area contributed by atoms with E-state index in [0.29, 0.717) is 24.2 Å². The highest BCUT2D eigenvalue weighted by atomic mass is 35.5. The van der Waals surface area contributed by atoms with Crippen molar-refractivity contribution in [3.8, 4) is 23.8 Å². The van der Waals surface area contributed by atoms with E-state index in [9.17, 15) is 10.1 Å². The van der Waals surface area contributed by atoms with Crippen molar-refractivity contribution in [3.05, 3.63) is 95.1 Å². The average Bonchev–Trinajstić information content (AvgIpc) is 3.74. The number of halogens is 1. The van der Waals surface area contributed by atoms with E-state index < -0.39 is 10.5 Å². The molecule has 0 bridgehead atoms. The topological polar surface area (TPSA) is 137 Å². The number of rotatable bonds is 16. The maximum Gasteiger partial charge on any atom is 0.323 e. The first-order chi connectivity index (χ1) is 25.8. The number of alkyl halides is 1. The number of hydrogen-bond acceptors (Lipinski definition) is 12. The average molecular weight is 744 g/mol. The Balaban J connectivity index is 1.26. The molecule has 1 N–H and O–H groups in total. The quantitative estimate of drug-likeness (QED) is 0.117. The van der Waals surface area contributed by atoms with E-state index in [-0.39, 0.29) is 49.6 Å². The van der Waals surface area contributed by atoms with Gasteiger partial charge in [-0.05, 0) is 67.6 Å². The Hall–Kier alpha value is -4.51. The largest absolute Gasteiger partial charge is 0.480 e. The number of nitrogens with zero attached hydrogens (tertiary/aromatic N) is 4. The predicted octanol–water partition coefficient (Wildman–Crippen LogP) is 5.24. The molecule has 0 amide bonds. The van der Waals surface area contributed by atoms with Crippen LogP contribution >= 0.6 is 11.6 Å². The zero-order valence-corrected chi connectivity index (χ0v) is 31.0. The molecular weight excluding hydrogens is 698 g/mol. The van der Waals surface area contributed by atoms with Crippen LogP contribution in [0.2, 0.25) is 0 Å². The molecular formula is C40H46ClN5O7. The zero-order valence-electron chi connectivity index (χ0n) is 30.2. The fourth-order valence-corrected chi connectivity index (χ4v) is 7.03. The van der Waals surface area contributed by atoms with E-state index in [1.165, 1.54) is 7.11 Å². The molecule has 1 aliphatic carbocycles. The van der Waals surface area contributed by atoms with Crippen LogP contribution < -0.4 is 19.5 Å². The van der Waals surface area contributed by atoms with Gasteiger partial charge in [-0.3, -0.25) is 9.69 Å². The SMILES string of the molecule is COc1nc(OCC2(OCCCN3CCOCC3)C=CC=C(c3ccccc3)C2(C)Cl)nc(OCc2cccc(C#N)c2)c1COC(=O)[C@@H]1CCCN1. The summed E-state index contributed by atoms with van der Waals surface area (Å²) < 4.78 is 36.2. The molecule has 0 spiro atoms. The number of carbonyl (C=O) groups excluding carboxylic acids is 1. The predicted molar refractivity (Wildman–Crippen MR) is 199 cm³/mol. The molecule has 0 radical (unpaired) electrons. The fourth-order valence-electron chi connectivity index (χ4n) is 6.69. The number of nitrogens with one attached hydrogen (secondary N) is 1. The second kappa shape index (κ2) is 18.0. The van der Waals surface area contributed by atoms with Gasteiger partial charge in [-0.15, -0.1) is 11.6 Å². The number of ether oxygens (including phenoxy) is 6. The first-order valence-corrected chi connectivity index (χ1v) is 18.4. The van der Waals surface area contributed by atoms with Gasteiger partial charge in [-0.2, -0.15) is 15.2 Å². The Morgan fingerprint density at radius 2 is 1.91 bits per heavy atom. The van der Waals surface area contributed by atoms with Crippen LogP contribution in [0, 0.1) is 11.3 Å². The smallest absolute Gasteiger partial charge is 0.323 e. The molecule has 2 saturated heterocycles. The summed E-state index contributed by atoms with van der Waals surface area (Å²) in [5.74, 6) is -0.140. The molecule has 2 fully saturated rings. The summed E-state index contributed by atoms with van der Waals surface area (Å²) in [5, 5.41) is 12.6. The van der Waals surface area contributed by atoms with Crippen LogP contribution in [0.3, 0.4) is 0 Å². The van der Waals surface area contributed by atoms with Crippen molar-refractivity contribution < 1.29 is 33.2 Å². The van der Waals surface area contributed by atoms with Crippen LogP contribution in [0.1, 0.15) is 48.4 Å². The van der Waals surface area contributed by atoms with Gasteiger partial charge >= 0.3 is 12.0 Å². The lowest BCUT2D eigenvalue weighted by molar-refractivity contribution is -0.147. The number of aromatic nitrogens is 2. The standard InChI is InChI=1S/C40H46ClN5O7/c1-39(41)33(31-12-4-3-5-13-31)14-7-16-40(39,53-21-9-18-46-19-22-49-23-20-46)28-52-38-44-35(48-2)32(27-51-37(47)34-15-8-17-43-34)36(45-38)50-26-30-11-6-10-29(24-30)25-42/h3-7,10-14,16,24,34,43H,8-9,15,17-23,26-28H2,1-2H3/t34-,39?,40?/m0/s1. The second-order valence-corrected chi connectivity index (χ2v) is 14.1. The summed E-state index contributed by atoms with van der Waals surface area (Å²) >= 11 is 7.55. The van der Waals surface area contributed by atoms with E-state index in [1.54, 1.807) is 18.2 Å². The number of morpholine rings is 1. The normalized spacial score (nSPS) is 22.8. The lowest BCUT2D eigenvalue weighted by Crippen LogP contribution is -2.55. The number of benzene rings is 2. The van der Waals surface area contributed by atoms with Crippen LogP contribution in [-0.4, -0.2) is 97.1 Å². The summed E-state index contributed by atoms with van der Waals surface area (Å²) in [5.41, 5.74) is 2.31. The summed E-state index contributed by atoms with van der Waals surface area (Å²) in [6, 6.07) is 18.8. The minimum Gasteiger partial charge on any atom is -0.480 e. The van der Waals surface area contributed by atoms with Gasteiger partial charge in [0.25, 0.3) is 0 Å².